The fraction of sp³-hybridized carbons (Fsp3) is 0.207. The summed E-state index contributed by atoms with van der Waals surface area (Å²) in [7, 11) is 1.99. The van der Waals surface area contributed by atoms with E-state index in [-0.39, 0.29) is 11.4 Å². The SMILES string of the molecule is Cc1c(/C=N\NC(=O)[C@H](Cc2ccccc2)NC(=O)[C@H](C)Oc2ccc(Cl)cc2Cl)c2ccccc2n1C. The predicted molar refractivity (Wildman–Crippen MR) is 152 cm³/mol. The molecule has 0 aliphatic rings. The van der Waals surface area contributed by atoms with Crippen molar-refractivity contribution in [2.75, 3.05) is 0 Å². The monoisotopic (exact) mass is 550 g/mol. The van der Waals surface area contributed by atoms with Gasteiger partial charge >= 0.3 is 0 Å². The van der Waals surface area contributed by atoms with Crippen LogP contribution in [0.15, 0.2) is 77.9 Å². The summed E-state index contributed by atoms with van der Waals surface area (Å²) in [4.78, 5) is 26.2. The van der Waals surface area contributed by atoms with E-state index in [0.29, 0.717) is 10.8 Å². The Bertz CT molecular complexity index is 1480. The quantitative estimate of drug-likeness (QED) is 0.215. The highest BCUT2D eigenvalue weighted by Crippen LogP contribution is 2.28. The lowest BCUT2D eigenvalue weighted by atomic mass is 10.1. The normalized spacial score (nSPS) is 12.9. The molecular formula is C29H28Cl2N4O3. The van der Waals surface area contributed by atoms with Crippen molar-refractivity contribution in [2.24, 2.45) is 12.1 Å². The number of hydrogen-bond acceptors (Lipinski definition) is 4. The third kappa shape index (κ3) is 6.36. The van der Waals surface area contributed by atoms with Gasteiger partial charge in [0.2, 0.25) is 0 Å². The molecule has 0 saturated carbocycles. The van der Waals surface area contributed by atoms with Crippen molar-refractivity contribution in [1.82, 2.24) is 15.3 Å². The Hall–Kier alpha value is -3.81. The van der Waals surface area contributed by atoms with Gasteiger partial charge in [0.15, 0.2) is 6.10 Å². The van der Waals surface area contributed by atoms with E-state index in [2.05, 4.69) is 20.4 Å². The molecule has 0 aliphatic carbocycles. The first-order chi connectivity index (χ1) is 18.2. The van der Waals surface area contributed by atoms with Crippen molar-refractivity contribution >= 4 is 52.1 Å². The summed E-state index contributed by atoms with van der Waals surface area (Å²) in [5.74, 6) is -0.605. The molecule has 7 nitrogen and oxygen atoms in total. The standard InChI is InChI=1S/C29H28Cl2N4O3/c1-18-23(22-11-7-8-12-26(22)35(18)3)17-32-34-29(37)25(15-20-9-5-4-6-10-20)33-28(36)19(2)38-27-14-13-21(30)16-24(27)31/h4-14,16-17,19,25H,15H2,1-3H3,(H,33,36)(H,34,37)/b32-17-/t19-,25-/m0/s1. The van der Waals surface area contributed by atoms with E-state index in [9.17, 15) is 9.59 Å². The molecular weight excluding hydrogens is 523 g/mol. The number of para-hydroxylation sites is 1. The van der Waals surface area contributed by atoms with Gasteiger partial charge in [-0.05, 0) is 43.7 Å². The Morgan fingerprint density at radius 3 is 2.47 bits per heavy atom. The molecule has 4 rings (SSSR count). The summed E-state index contributed by atoms with van der Waals surface area (Å²) in [5, 5.41) is 8.78. The first-order valence-electron chi connectivity index (χ1n) is 12.1. The third-order valence-electron chi connectivity index (χ3n) is 6.30. The van der Waals surface area contributed by atoms with Crippen LogP contribution in [0.5, 0.6) is 5.75 Å². The molecule has 0 saturated heterocycles. The van der Waals surface area contributed by atoms with Gasteiger partial charge in [0.25, 0.3) is 11.8 Å². The zero-order valence-electron chi connectivity index (χ0n) is 21.2. The summed E-state index contributed by atoms with van der Waals surface area (Å²) in [6.45, 7) is 3.58. The van der Waals surface area contributed by atoms with Gasteiger partial charge in [-0.2, -0.15) is 5.10 Å². The number of ether oxygens (including phenoxy) is 1. The van der Waals surface area contributed by atoms with Crippen LogP contribution in [0.2, 0.25) is 10.0 Å². The van der Waals surface area contributed by atoms with Crippen LogP contribution < -0.4 is 15.5 Å². The van der Waals surface area contributed by atoms with Crippen LogP contribution in [0, 0.1) is 6.92 Å². The second-order valence-electron chi connectivity index (χ2n) is 8.90. The van der Waals surface area contributed by atoms with Crippen molar-refractivity contribution in [3.05, 3.63) is 99.7 Å². The first-order valence-corrected chi connectivity index (χ1v) is 12.8. The van der Waals surface area contributed by atoms with E-state index in [1.807, 2.05) is 68.6 Å². The Balaban J connectivity index is 1.48. The number of nitrogens with zero attached hydrogens (tertiary/aromatic N) is 2. The van der Waals surface area contributed by atoms with Crippen LogP contribution in [-0.4, -0.2) is 34.7 Å². The van der Waals surface area contributed by atoms with E-state index in [4.69, 9.17) is 27.9 Å². The maximum atomic E-state index is 13.2. The van der Waals surface area contributed by atoms with Gasteiger partial charge in [0, 0.05) is 40.7 Å². The molecule has 196 valence electrons. The Morgan fingerprint density at radius 1 is 1.03 bits per heavy atom. The Kier molecular flexibility index (Phi) is 8.71. The van der Waals surface area contributed by atoms with Gasteiger partial charge in [-0.15, -0.1) is 0 Å². The number of hydrazone groups is 1. The zero-order chi connectivity index (χ0) is 27.2. The first kappa shape index (κ1) is 27.2. The molecule has 1 heterocycles. The van der Waals surface area contributed by atoms with Gasteiger partial charge < -0.3 is 14.6 Å². The van der Waals surface area contributed by atoms with Crippen LogP contribution >= 0.6 is 23.2 Å². The molecule has 9 heteroatoms. The molecule has 0 fully saturated rings. The highest BCUT2D eigenvalue weighted by molar-refractivity contribution is 6.35. The van der Waals surface area contributed by atoms with Crippen molar-refractivity contribution in [3.8, 4) is 5.75 Å². The summed E-state index contributed by atoms with van der Waals surface area (Å²) >= 11 is 12.1. The Labute approximate surface area is 231 Å². The summed E-state index contributed by atoms with van der Waals surface area (Å²) in [6, 6.07) is 21.3. The van der Waals surface area contributed by atoms with E-state index in [1.54, 1.807) is 25.3 Å². The fourth-order valence-electron chi connectivity index (χ4n) is 4.11. The van der Waals surface area contributed by atoms with Crippen LogP contribution in [0.4, 0.5) is 0 Å². The number of amides is 2. The number of fused-ring (bicyclic) bond motifs is 1. The van der Waals surface area contributed by atoms with Crippen LogP contribution in [0.1, 0.15) is 23.7 Å². The smallest absolute Gasteiger partial charge is 0.262 e. The van der Waals surface area contributed by atoms with Gasteiger partial charge in [-0.25, -0.2) is 5.43 Å². The average Bonchev–Trinajstić information content (AvgIpc) is 3.15. The third-order valence-corrected chi connectivity index (χ3v) is 6.83. The topological polar surface area (TPSA) is 84.7 Å². The summed E-state index contributed by atoms with van der Waals surface area (Å²) in [6.07, 6.45) is 0.988. The Morgan fingerprint density at radius 2 is 1.74 bits per heavy atom. The van der Waals surface area contributed by atoms with Crippen LogP contribution in [0.25, 0.3) is 10.9 Å². The van der Waals surface area contributed by atoms with E-state index >= 15 is 0 Å². The molecule has 0 bridgehead atoms. The van der Waals surface area contributed by atoms with Gasteiger partial charge in [-0.3, -0.25) is 9.59 Å². The molecule has 38 heavy (non-hydrogen) atoms. The zero-order valence-corrected chi connectivity index (χ0v) is 22.8. The van der Waals surface area contributed by atoms with Gasteiger partial charge in [-0.1, -0.05) is 71.7 Å². The van der Waals surface area contributed by atoms with E-state index in [1.165, 1.54) is 6.07 Å². The van der Waals surface area contributed by atoms with E-state index < -0.39 is 24.0 Å². The number of halogens is 2. The molecule has 1 aromatic heterocycles. The number of carbonyl (C=O) groups is 2. The van der Waals surface area contributed by atoms with E-state index in [0.717, 1.165) is 27.7 Å². The molecule has 0 unspecified atom stereocenters. The van der Waals surface area contributed by atoms with Crippen LogP contribution in [0.3, 0.4) is 0 Å². The number of carbonyl (C=O) groups excluding carboxylic acids is 2. The lowest BCUT2D eigenvalue weighted by molar-refractivity contribution is -0.132. The van der Waals surface area contributed by atoms with Crippen LogP contribution in [-0.2, 0) is 23.1 Å². The molecule has 3 aromatic carbocycles. The number of rotatable bonds is 9. The number of hydrogen-bond donors (Lipinski definition) is 2. The highest BCUT2D eigenvalue weighted by Gasteiger charge is 2.25. The van der Waals surface area contributed by atoms with Crippen molar-refractivity contribution < 1.29 is 14.3 Å². The minimum Gasteiger partial charge on any atom is -0.479 e. The molecule has 0 radical (unpaired) electrons. The lowest BCUT2D eigenvalue weighted by Crippen LogP contribution is -2.50. The summed E-state index contributed by atoms with van der Waals surface area (Å²) in [5.41, 5.74) is 6.48. The molecule has 0 spiro atoms. The minimum absolute atomic E-state index is 0.273. The fourth-order valence-corrected chi connectivity index (χ4v) is 4.57. The second-order valence-corrected chi connectivity index (χ2v) is 9.74. The second kappa shape index (κ2) is 12.2. The lowest BCUT2D eigenvalue weighted by Gasteiger charge is -2.21. The highest BCUT2D eigenvalue weighted by atomic mass is 35.5. The molecule has 2 N–H and O–H groups in total. The largest absolute Gasteiger partial charge is 0.479 e. The molecule has 0 aliphatic heterocycles. The van der Waals surface area contributed by atoms with Crippen molar-refractivity contribution in [3.63, 3.8) is 0 Å². The molecule has 2 amide bonds. The molecule has 2 atom stereocenters. The number of aryl methyl sites for hydroxylation is 1. The number of nitrogens with one attached hydrogen (secondary N) is 2. The number of aromatic nitrogens is 1. The van der Waals surface area contributed by atoms with Crippen molar-refractivity contribution in [1.29, 1.82) is 0 Å². The maximum Gasteiger partial charge on any atom is 0.262 e. The maximum absolute atomic E-state index is 13.2. The van der Waals surface area contributed by atoms with Gasteiger partial charge in [0.1, 0.15) is 11.8 Å². The summed E-state index contributed by atoms with van der Waals surface area (Å²) < 4.78 is 7.80. The predicted octanol–water partition coefficient (Wildman–Crippen LogP) is 5.44. The minimum atomic E-state index is -0.915. The van der Waals surface area contributed by atoms with Gasteiger partial charge in [0.05, 0.1) is 11.2 Å². The molecule has 4 aromatic rings. The average molecular weight is 551 g/mol. The van der Waals surface area contributed by atoms with Crippen molar-refractivity contribution in [2.45, 2.75) is 32.4 Å². The number of benzene rings is 3.